The van der Waals surface area contributed by atoms with Gasteiger partial charge in [0.15, 0.2) is 6.29 Å². The number of hydrogen-bond donors (Lipinski definition) is 1. The van der Waals surface area contributed by atoms with Crippen molar-refractivity contribution in [3.05, 3.63) is 23.4 Å². The van der Waals surface area contributed by atoms with E-state index in [4.69, 9.17) is 0 Å². The van der Waals surface area contributed by atoms with E-state index in [1.54, 1.807) is 11.0 Å². The lowest BCUT2D eigenvalue weighted by atomic mass is 10.2. The largest absolute Gasteiger partial charge is 0.354 e. The summed E-state index contributed by atoms with van der Waals surface area (Å²) in [5.74, 6) is 1.11. The first-order chi connectivity index (χ1) is 8.93. The lowest BCUT2D eigenvalue weighted by molar-refractivity contribution is -0.119. The van der Waals surface area contributed by atoms with Gasteiger partial charge in [-0.15, -0.1) is 0 Å². The molecule has 0 aliphatic carbocycles. The molecule has 0 aromatic carbocycles. The van der Waals surface area contributed by atoms with E-state index in [-0.39, 0.29) is 12.5 Å². The summed E-state index contributed by atoms with van der Waals surface area (Å²) in [6, 6.07) is 1.76. The van der Waals surface area contributed by atoms with Crippen LogP contribution in [-0.2, 0) is 4.79 Å². The molecule has 1 aromatic rings. The molecular weight excluding hydrogens is 242 g/mol. The van der Waals surface area contributed by atoms with Gasteiger partial charge in [0.2, 0.25) is 5.91 Å². The second kappa shape index (κ2) is 6.87. The highest BCUT2D eigenvalue weighted by atomic mass is 16.2. The van der Waals surface area contributed by atoms with Gasteiger partial charge in [0.25, 0.3) is 0 Å². The third kappa shape index (κ3) is 4.69. The number of nitrogens with one attached hydrogen (secondary N) is 1. The molecule has 0 unspecified atom stereocenters. The van der Waals surface area contributed by atoms with E-state index in [0.29, 0.717) is 23.8 Å². The molecule has 0 bridgehead atoms. The average Bonchev–Trinajstić information content (AvgIpc) is 2.35. The summed E-state index contributed by atoms with van der Waals surface area (Å²) >= 11 is 0. The predicted octanol–water partition coefficient (Wildman–Crippen LogP) is 1.41. The van der Waals surface area contributed by atoms with Crippen molar-refractivity contribution in [2.24, 2.45) is 5.92 Å². The van der Waals surface area contributed by atoms with Gasteiger partial charge in [0, 0.05) is 25.4 Å². The number of carbonyl (C=O) groups excluding carboxylic acids is 2. The van der Waals surface area contributed by atoms with E-state index in [1.807, 2.05) is 27.8 Å². The van der Waals surface area contributed by atoms with Crippen LogP contribution in [0.4, 0.5) is 5.82 Å². The van der Waals surface area contributed by atoms with Crippen LogP contribution in [0.1, 0.15) is 29.8 Å². The maximum Gasteiger partial charge on any atom is 0.239 e. The van der Waals surface area contributed by atoms with Crippen LogP contribution in [0.5, 0.6) is 0 Å². The molecule has 5 nitrogen and oxygen atoms in total. The van der Waals surface area contributed by atoms with Crippen molar-refractivity contribution < 1.29 is 9.59 Å². The first-order valence-electron chi connectivity index (χ1n) is 6.33. The van der Waals surface area contributed by atoms with Crippen molar-refractivity contribution in [3.63, 3.8) is 0 Å². The van der Waals surface area contributed by atoms with Crippen LogP contribution in [-0.4, -0.2) is 37.3 Å². The number of aromatic nitrogens is 1. The molecule has 0 aliphatic rings. The molecule has 0 saturated carbocycles. The van der Waals surface area contributed by atoms with Crippen molar-refractivity contribution in [2.75, 3.05) is 25.0 Å². The summed E-state index contributed by atoms with van der Waals surface area (Å²) in [6.07, 6.45) is 2.27. The highest BCUT2D eigenvalue weighted by molar-refractivity contribution is 5.81. The second-order valence-electron chi connectivity index (χ2n) is 5.08. The standard InChI is InChI=1S/C14H21N3O2/c1-10(2)6-15-13(19)8-17(4)14-11(3)5-12(9-18)7-16-14/h5,7,9-10H,6,8H2,1-4H3,(H,15,19). The molecule has 19 heavy (non-hydrogen) atoms. The zero-order valence-electron chi connectivity index (χ0n) is 11.9. The average molecular weight is 263 g/mol. The van der Waals surface area contributed by atoms with E-state index in [9.17, 15) is 9.59 Å². The molecule has 1 rings (SSSR count). The number of hydrogen-bond acceptors (Lipinski definition) is 4. The summed E-state index contributed by atoms with van der Waals surface area (Å²) < 4.78 is 0. The number of nitrogens with zero attached hydrogens (tertiary/aromatic N) is 2. The van der Waals surface area contributed by atoms with E-state index in [1.165, 1.54) is 6.20 Å². The Morgan fingerprint density at radius 2 is 2.21 bits per heavy atom. The van der Waals surface area contributed by atoms with Crippen LogP contribution < -0.4 is 10.2 Å². The number of rotatable bonds is 6. The van der Waals surface area contributed by atoms with E-state index in [0.717, 1.165) is 11.8 Å². The molecule has 5 heteroatoms. The Balaban J connectivity index is 2.65. The lowest BCUT2D eigenvalue weighted by Gasteiger charge is -2.20. The Morgan fingerprint density at radius 1 is 1.53 bits per heavy atom. The topological polar surface area (TPSA) is 62.3 Å². The zero-order valence-corrected chi connectivity index (χ0v) is 11.9. The first kappa shape index (κ1) is 15.1. The van der Waals surface area contributed by atoms with E-state index >= 15 is 0 Å². The van der Waals surface area contributed by atoms with Gasteiger partial charge in [-0.3, -0.25) is 9.59 Å². The van der Waals surface area contributed by atoms with E-state index < -0.39 is 0 Å². The second-order valence-corrected chi connectivity index (χ2v) is 5.08. The van der Waals surface area contributed by atoms with Crippen LogP contribution >= 0.6 is 0 Å². The normalized spacial score (nSPS) is 10.4. The third-order valence-corrected chi connectivity index (χ3v) is 2.66. The van der Waals surface area contributed by atoms with Gasteiger partial charge < -0.3 is 10.2 Å². The molecule has 0 fully saturated rings. The van der Waals surface area contributed by atoms with Gasteiger partial charge in [-0.05, 0) is 24.5 Å². The molecule has 0 saturated heterocycles. The molecule has 104 valence electrons. The fourth-order valence-electron chi connectivity index (χ4n) is 1.72. The number of amides is 1. The molecule has 1 heterocycles. The van der Waals surface area contributed by atoms with Crippen molar-refractivity contribution in [2.45, 2.75) is 20.8 Å². The number of aryl methyl sites for hydroxylation is 1. The van der Waals surface area contributed by atoms with Crippen LogP contribution in [0.2, 0.25) is 0 Å². The van der Waals surface area contributed by atoms with Gasteiger partial charge in [-0.1, -0.05) is 13.8 Å². The van der Waals surface area contributed by atoms with Gasteiger partial charge in [-0.2, -0.15) is 0 Å². The van der Waals surface area contributed by atoms with Crippen molar-refractivity contribution in [3.8, 4) is 0 Å². The van der Waals surface area contributed by atoms with Crippen LogP contribution in [0.15, 0.2) is 12.3 Å². The SMILES string of the molecule is Cc1cc(C=O)cnc1N(C)CC(=O)NCC(C)C. The van der Waals surface area contributed by atoms with Gasteiger partial charge >= 0.3 is 0 Å². The fraction of sp³-hybridized carbons (Fsp3) is 0.500. The molecule has 0 aliphatic heterocycles. The maximum atomic E-state index is 11.7. The number of carbonyl (C=O) groups is 2. The van der Waals surface area contributed by atoms with Gasteiger partial charge in [-0.25, -0.2) is 4.98 Å². The monoisotopic (exact) mass is 263 g/mol. The number of likely N-dealkylation sites (N-methyl/N-ethyl adjacent to an activating group) is 1. The van der Waals surface area contributed by atoms with Gasteiger partial charge in [0.05, 0.1) is 6.54 Å². The molecule has 1 N–H and O–H groups in total. The van der Waals surface area contributed by atoms with Crippen LogP contribution in [0, 0.1) is 12.8 Å². The maximum absolute atomic E-state index is 11.7. The van der Waals surface area contributed by atoms with Crippen molar-refractivity contribution in [1.82, 2.24) is 10.3 Å². The zero-order chi connectivity index (χ0) is 14.4. The summed E-state index contributed by atoms with van der Waals surface area (Å²) in [5.41, 5.74) is 1.42. The Labute approximate surface area is 114 Å². The fourth-order valence-corrected chi connectivity index (χ4v) is 1.72. The minimum Gasteiger partial charge on any atom is -0.354 e. The lowest BCUT2D eigenvalue weighted by Crippen LogP contribution is -2.37. The minimum atomic E-state index is -0.0307. The van der Waals surface area contributed by atoms with Crippen LogP contribution in [0.3, 0.4) is 0 Å². The summed E-state index contributed by atoms with van der Waals surface area (Å²) in [6.45, 7) is 6.89. The quantitative estimate of drug-likeness (QED) is 0.788. The molecule has 0 spiro atoms. The highest BCUT2D eigenvalue weighted by Gasteiger charge is 2.11. The smallest absolute Gasteiger partial charge is 0.239 e. The molecule has 1 amide bonds. The molecular formula is C14H21N3O2. The Morgan fingerprint density at radius 3 is 2.74 bits per heavy atom. The Kier molecular flexibility index (Phi) is 5.48. The summed E-state index contributed by atoms with van der Waals surface area (Å²) in [4.78, 5) is 28.4. The van der Waals surface area contributed by atoms with Crippen LogP contribution in [0.25, 0.3) is 0 Å². The summed E-state index contributed by atoms with van der Waals surface area (Å²) in [7, 11) is 1.81. The first-order valence-corrected chi connectivity index (χ1v) is 6.33. The van der Waals surface area contributed by atoms with E-state index in [2.05, 4.69) is 10.3 Å². The van der Waals surface area contributed by atoms with Gasteiger partial charge in [0.1, 0.15) is 5.82 Å². The molecule has 1 aromatic heterocycles. The minimum absolute atomic E-state index is 0.0307. The van der Waals surface area contributed by atoms with Crippen molar-refractivity contribution in [1.29, 1.82) is 0 Å². The number of aldehydes is 1. The Hall–Kier alpha value is -1.91. The third-order valence-electron chi connectivity index (χ3n) is 2.66. The molecule has 0 radical (unpaired) electrons. The Bertz CT molecular complexity index is 458. The predicted molar refractivity (Wildman–Crippen MR) is 75.5 cm³/mol. The number of pyridine rings is 1. The van der Waals surface area contributed by atoms with Crippen molar-refractivity contribution >= 4 is 18.0 Å². The highest BCUT2D eigenvalue weighted by Crippen LogP contribution is 2.15. The number of anilines is 1. The molecule has 0 atom stereocenters. The summed E-state index contributed by atoms with van der Waals surface area (Å²) in [5, 5.41) is 2.86.